The molecule has 0 radical (unpaired) electrons. The van der Waals surface area contributed by atoms with Gasteiger partial charge >= 0.3 is 0 Å². The first-order valence-corrected chi connectivity index (χ1v) is 16.9. The molecule has 5 aliphatic rings. The summed E-state index contributed by atoms with van der Waals surface area (Å²) in [6.45, 7) is 24.8. The molecule has 8 heteroatoms. The van der Waals surface area contributed by atoms with Gasteiger partial charge in [-0.15, -0.1) is 23.2 Å². The fourth-order valence-corrected chi connectivity index (χ4v) is 15.9. The molecule has 1 saturated carbocycles. The average Bonchev–Trinajstić information content (AvgIpc) is 3.33. The van der Waals surface area contributed by atoms with Crippen molar-refractivity contribution in [3.05, 3.63) is 22.3 Å². The third-order valence-electron chi connectivity index (χ3n) is 9.47. The van der Waals surface area contributed by atoms with Crippen molar-refractivity contribution in [1.29, 1.82) is 0 Å². The Balaban J connectivity index is 1.81. The Bertz CT molecular complexity index is 1200. The molecule has 10 atom stereocenters. The number of ketones is 2. The Kier molecular flexibility index (Phi) is 5.95. The van der Waals surface area contributed by atoms with Gasteiger partial charge in [0.15, 0.2) is 11.6 Å². The van der Waals surface area contributed by atoms with E-state index in [0.29, 0.717) is 0 Å². The highest BCUT2D eigenvalue weighted by molar-refractivity contribution is 7.88. The van der Waals surface area contributed by atoms with Crippen LogP contribution in [0.25, 0.3) is 0 Å². The summed E-state index contributed by atoms with van der Waals surface area (Å²) in [6.07, 6.45) is 0. The number of Topliss-reactive ketones (excluding diaryl/α,β-unsaturated/α-hetero) is 2. The van der Waals surface area contributed by atoms with Crippen LogP contribution < -0.4 is 0 Å². The fraction of sp³-hybridized carbons (Fsp3) is 0.800. The van der Waals surface area contributed by atoms with E-state index in [4.69, 9.17) is 23.2 Å². The van der Waals surface area contributed by atoms with Crippen LogP contribution in [0, 0.1) is 33.5 Å². The predicted octanol–water partition coefficient (Wildman–Crippen LogP) is 6.13. The molecule has 0 aromatic carbocycles. The molecule has 4 nitrogen and oxygen atoms in total. The number of hydrogen-bond donors (Lipinski definition) is 0. The Hall–Kier alpha value is -0.300. The highest BCUT2D eigenvalue weighted by atomic mass is 35.5. The van der Waals surface area contributed by atoms with E-state index in [0.717, 1.165) is 22.3 Å². The first-order valence-electron chi connectivity index (χ1n) is 13.6. The molecule has 0 aromatic rings. The van der Waals surface area contributed by atoms with Gasteiger partial charge in [0, 0.05) is 21.6 Å². The van der Waals surface area contributed by atoms with Gasteiger partial charge in [0.1, 0.15) is 9.75 Å². The zero-order valence-electron chi connectivity index (χ0n) is 24.7. The minimum Gasteiger partial charge on any atom is -0.297 e. The molecule has 5 rings (SSSR count). The lowest BCUT2D eigenvalue weighted by Gasteiger charge is -2.54. The van der Waals surface area contributed by atoms with Crippen LogP contribution in [0.1, 0.15) is 83.1 Å². The third-order valence-corrected chi connectivity index (χ3v) is 15.2. The van der Waals surface area contributed by atoms with Crippen molar-refractivity contribution < 1.29 is 18.0 Å². The van der Waals surface area contributed by atoms with Gasteiger partial charge in [0.25, 0.3) is 0 Å². The number of alkyl halides is 2. The number of fused-ring (bicyclic) bond motifs is 10. The summed E-state index contributed by atoms with van der Waals surface area (Å²) >= 11 is 14.9. The maximum atomic E-state index is 14.8. The van der Waals surface area contributed by atoms with Crippen molar-refractivity contribution in [2.24, 2.45) is 33.5 Å². The molecule has 212 valence electrons. The Morgan fingerprint density at radius 1 is 0.526 bits per heavy atom. The molecule has 4 aliphatic heterocycles. The standard InChI is InChI=1S/C30H42Cl2O4S2/c1-25(2,3)13-15(27(7,8)9)23-29(31)17(19(13)37(23)35)21(33)30(32)18(22(29)34)20-14(26(4,5)6)16(28(10,11)12)24(30)38(20)36/h17-20,23-24H,1-12H3. The van der Waals surface area contributed by atoms with Crippen LogP contribution in [-0.4, -0.2) is 50.7 Å². The van der Waals surface area contributed by atoms with Gasteiger partial charge in [-0.3, -0.25) is 18.0 Å². The molecule has 4 bridgehead atoms. The molecule has 4 heterocycles. The number of carbonyl (C=O) groups is 2. The summed E-state index contributed by atoms with van der Waals surface area (Å²) in [5.41, 5.74) is 2.30. The van der Waals surface area contributed by atoms with Gasteiger partial charge in [-0.25, -0.2) is 0 Å². The van der Waals surface area contributed by atoms with E-state index in [9.17, 15) is 18.0 Å². The lowest BCUT2D eigenvalue weighted by Crippen LogP contribution is -2.71. The summed E-state index contributed by atoms with van der Waals surface area (Å²) in [4.78, 5) is 26.3. The molecule has 0 aromatic heterocycles. The SMILES string of the molecule is CC(C)(C)C1=C(C(C)(C)C)C2S(=O)C1C1C(=O)C3(Cl)C(C(=O)C12Cl)C1C(C(C)(C)C)=C(C(C)(C)C)C3S1=O. The predicted molar refractivity (Wildman–Crippen MR) is 157 cm³/mol. The van der Waals surface area contributed by atoms with E-state index in [1.54, 1.807) is 0 Å². The number of halogens is 2. The summed E-state index contributed by atoms with van der Waals surface area (Å²) in [7, 11) is -3.08. The Morgan fingerprint density at radius 2 is 0.763 bits per heavy atom. The highest BCUT2D eigenvalue weighted by Gasteiger charge is 2.84. The van der Waals surface area contributed by atoms with Crippen molar-refractivity contribution >= 4 is 56.4 Å². The van der Waals surface area contributed by atoms with Gasteiger partial charge in [-0.1, -0.05) is 83.1 Å². The van der Waals surface area contributed by atoms with Gasteiger partial charge in [0.2, 0.25) is 0 Å². The maximum Gasteiger partial charge on any atom is 0.163 e. The minimum absolute atomic E-state index is 0.329. The summed E-state index contributed by atoms with van der Waals surface area (Å²) < 4.78 is 28.5. The second-order valence-electron chi connectivity index (χ2n) is 16.1. The van der Waals surface area contributed by atoms with E-state index in [1.165, 1.54) is 0 Å². The zero-order valence-corrected chi connectivity index (χ0v) is 27.8. The minimum atomic E-state index is -1.65. The largest absolute Gasteiger partial charge is 0.297 e. The van der Waals surface area contributed by atoms with Gasteiger partial charge in [-0.2, -0.15) is 0 Å². The smallest absolute Gasteiger partial charge is 0.163 e. The summed E-state index contributed by atoms with van der Waals surface area (Å²) in [5, 5.41) is -2.86. The quantitative estimate of drug-likeness (QED) is 0.248. The maximum absolute atomic E-state index is 14.8. The van der Waals surface area contributed by atoms with Crippen LogP contribution in [0.15, 0.2) is 22.3 Å². The number of hydrogen-bond acceptors (Lipinski definition) is 4. The molecule has 2 saturated heterocycles. The van der Waals surface area contributed by atoms with Gasteiger partial charge < -0.3 is 0 Å². The van der Waals surface area contributed by atoms with E-state index in [2.05, 4.69) is 83.1 Å². The van der Waals surface area contributed by atoms with Crippen LogP contribution in [0.4, 0.5) is 0 Å². The van der Waals surface area contributed by atoms with Crippen LogP contribution in [0.3, 0.4) is 0 Å². The molecule has 10 unspecified atom stereocenters. The van der Waals surface area contributed by atoms with Crippen molar-refractivity contribution in [2.45, 2.75) is 114 Å². The summed E-state index contributed by atoms with van der Waals surface area (Å²) in [5.74, 6) is -2.64. The molecular formula is C30H42Cl2O4S2. The monoisotopic (exact) mass is 600 g/mol. The molecule has 1 aliphatic carbocycles. The number of carbonyl (C=O) groups excluding carboxylic acids is 2. The normalized spacial score (nSPS) is 44.9. The summed E-state index contributed by atoms with van der Waals surface area (Å²) in [6, 6.07) is 0. The molecule has 0 spiro atoms. The third kappa shape index (κ3) is 3.21. The van der Waals surface area contributed by atoms with Gasteiger partial charge in [0.05, 0.1) is 32.8 Å². The van der Waals surface area contributed by atoms with Crippen molar-refractivity contribution in [2.75, 3.05) is 0 Å². The second kappa shape index (κ2) is 7.75. The molecule has 0 amide bonds. The number of rotatable bonds is 0. The van der Waals surface area contributed by atoms with E-state index < -0.39 is 75.0 Å². The van der Waals surface area contributed by atoms with Gasteiger partial charge in [-0.05, 0) is 44.0 Å². The van der Waals surface area contributed by atoms with Crippen molar-refractivity contribution in [1.82, 2.24) is 0 Å². The first-order chi connectivity index (χ1) is 16.9. The topological polar surface area (TPSA) is 68.3 Å². The lowest BCUT2D eigenvalue weighted by atomic mass is 9.51. The highest BCUT2D eigenvalue weighted by Crippen LogP contribution is 2.71. The Morgan fingerprint density at radius 3 is 0.974 bits per heavy atom. The average molecular weight is 602 g/mol. The zero-order chi connectivity index (χ0) is 29.1. The van der Waals surface area contributed by atoms with Crippen LogP contribution in [-0.2, 0) is 31.2 Å². The van der Waals surface area contributed by atoms with Crippen LogP contribution in [0.5, 0.6) is 0 Å². The molecule has 38 heavy (non-hydrogen) atoms. The molecule has 3 fully saturated rings. The van der Waals surface area contributed by atoms with Crippen LogP contribution in [0.2, 0.25) is 0 Å². The van der Waals surface area contributed by atoms with Crippen molar-refractivity contribution in [3.63, 3.8) is 0 Å². The van der Waals surface area contributed by atoms with E-state index >= 15 is 0 Å². The molecule has 0 N–H and O–H groups in total. The first kappa shape index (κ1) is 29.2. The Labute approximate surface area is 243 Å². The van der Waals surface area contributed by atoms with Crippen LogP contribution >= 0.6 is 23.2 Å². The lowest BCUT2D eigenvalue weighted by molar-refractivity contribution is -0.142. The molecular weight excluding hydrogens is 559 g/mol. The fourth-order valence-electron chi connectivity index (χ4n) is 8.43. The van der Waals surface area contributed by atoms with E-state index in [-0.39, 0.29) is 22.4 Å². The van der Waals surface area contributed by atoms with Crippen molar-refractivity contribution in [3.8, 4) is 0 Å². The van der Waals surface area contributed by atoms with E-state index in [1.807, 2.05) is 0 Å². The second-order valence-corrected chi connectivity index (χ2v) is 20.7.